The summed E-state index contributed by atoms with van der Waals surface area (Å²) in [5.74, 6) is -0.305. The van der Waals surface area contributed by atoms with E-state index in [4.69, 9.17) is 4.74 Å². The predicted octanol–water partition coefficient (Wildman–Crippen LogP) is 1.97. The van der Waals surface area contributed by atoms with Crippen molar-refractivity contribution in [3.8, 4) is 11.3 Å². The van der Waals surface area contributed by atoms with Gasteiger partial charge in [-0.15, -0.1) is 0 Å². The van der Waals surface area contributed by atoms with E-state index in [0.29, 0.717) is 12.2 Å². The minimum Gasteiger partial charge on any atom is -0.462 e. The molecular weight excluding hydrogens is 266 g/mol. The Bertz CT molecular complexity index is 670. The van der Waals surface area contributed by atoms with Crippen molar-refractivity contribution in [2.75, 3.05) is 13.2 Å². The molecule has 0 radical (unpaired) electrons. The summed E-state index contributed by atoms with van der Waals surface area (Å²) < 4.78 is 5.05. The maximum absolute atomic E-state index is 11.8. The normalized spacial score (nSPS) is 13.6. The molecule has 5 nitrogen and oxygen atoms in total. The first-order valence-electron chi connectivity index (χ1n) is 7.10. The quantitative estimate of drug-likeness (QED) is 0.872. The van der Waals surface area contributed by atoms with E-state index in [2.05, 4.69) is 15.3 Å². The fourth-order valence-electron chi connectivity index (χ4n) is 2.53. The molecule has 0 saturated heterocycles. The first-order chi connectivity index (χ1) is 10.3. The molecule has 1 aliphatic heterocycles. The van der Waals surface area contributed by atoms with Crippen LogP contribution in [0.3, 0.4) is 0 Å². The van der Waals surface area contributed by atoms with E-state index >= 15 is 0 Å². The average Bonchev–Trinajstić information content (AvgIpc) is 2.55. The molecule has 1 aromatic heterocycles. The molecule has 0 fully saturated rings. The third kappa shape index (κ3) is 2.78. The van der Waals surface area contributed by atoms with Crippen LogP contribution in [0.2, 0.25) is 0 Å². The summed E-state index contributed by atoms with van der Waals surface area (Å²) in [6, 6.07) is 7.40. The number of ether oxygens (including phenoxy) is 1. The Balaban J connectivity index is 2.01. The molecule has 108 valence electrons. The Labute approximate surface area is 123 Å². The molecule has 2 aromatic rings. The summed E-state index contributed by atoms with van der Waals surface area (Å²) >= 11 is 0. The van der Waals surface area contributed by atoms with E-state index in [-0.39, 0.29) is 5.97 Å². The van der Waals surface area contributed by atoms with Gasteiger partial charge in [-0.2, -0.15) is 0 Å². The SMILES string of the molecule is CCOC(=O)c1cccc(-c2ncnc3c2CNCC3)c1. The van der Waals surface area contributed by atoms with E-state index in [1.807, 2.05) is 18.2 Å². The Morgan fingerprint density at radius 3 is 3.14 bits per heavy atom. The second kappa shape index (κ2) is 6.01. The molecule has 3 rings (SSSR count). The zero-order valence-electron chi connectivity index (χ0n) is 11.9. The average molecular weight is 283 g/mol. The van der Waals surface area contributed by atoms with E-state index in [1.165, 1.54) is 0 Å². The Morgan fingerprint density at radius 2 is 2.29 bits per heavy atom. The van der Waals surface area contributed by atoms with Crippen molar-refractivity contribution in [1.82, 2.24) is 15.3 Å². The number of rotatable bonds is 3. The van der Waals surface area contributed by atoms with Crippen molar-refractivity contribution in [2.24, 2.45) is 0 Å². The van der Waals surface area contributed by atoms with Gasteiger partial charge in [0.1, 0.15) is 6.33 Å². The van der Waals surface area contributed by atoms with Gasteiger partial charge in [-0.25, -0.2) is 14.8 Å². The molecule has 1 aliphatic rings. The van der Waals surface area contributed by atoms with Gasteiger partial charge in [0.25, 0.3) is 0 Å². The first-order valence-corrected chi connectivity index (χ1v) is 7.10. The van der Waals surface area contributed by atoms with Crippen molar-refractivity contribution in [3.63, 3.8) is 0 Å². The highest BCUT2D eigenvalue weighted by Crippen LogP contribution is 2.25. The number of hydrogen-bond acceptors (Lipinski definition) is 5. The summed E-state index contributed by atoms with van der Waals surface area (Å²) in [6.45, 7) is 3.87. The van der Waals surface area contributed by atoms with Crippen molar-refractivity contribution in [3.05, 3.63) is 47.4 Å². The number of esters is 1. The lowest BCUT2D eigenvalue weighted by Gasteiger charge is -2.18. The number of aromatic nitrogens is 2. The van der Waals surface area contributed by atoms with Gasteiger partial charge in [-0.05, 0) is 19.1 Å². The number of hydrogen-bond donors (Lipinski definition) is 1. The lowest BCUT2D eigenvalue weighted by atomic mass is 9.99. The molecule has 0 bridgehead atoms. The number of nitrogens with zero attached hydrogens (tertiary/aromatic N) is 2. The molecule has 0 amide bonds. The minimum atomic E-state index is -0.305. The molecule has 2 heterocycles. The van der Waals surface area contributed by atoms with Crippen LogP contribution >= 0.6 is 0 Å². The van der Waals surface area contributed by atoms with Crippen molar-refractivity contribution in [2.45, 2.75) is 19.9 Å². The van der Waals surface area contributed by atoms with Crippen LogP contribution in [0, 0.1) is 0 Å². The molecule has 1 aromatic carbocycles. The fourth-order valence-corrected chi connectivity index (χ4v) is 2.53. The largest absolute Gasteiger partial charge is 0.462 e. The maximum atomic E-state index is 11.8. The van der Waals surface area contributed by atoms with Crippen LogP contribution < -0.4 is 5.32 Å². The summed E-state index contributed by atoms with van der Waals surface area (Å²) in [7, 11) is 0. The molecule has 1 N–H and O–H groups in total. The molecule has 0 unspecified atom stereocenters. The smallest absolute Gasteiger partial charge is 0.338 e. The van der Waals surface area contributed by atoms with Crippen LogP contribution in [0.4, 0.5) is 0 Å². The van der Waals surface area contributed by atoms with Gasteiger partial charge in [-0.3, -0.25) is 0 Å². The number of benzene rings is 1. The number of nitrogens with one attached hydrogen (secondary N) is 1. The number of fused-ring (bicyclic) bond motifs is 1. The van der Waals surface area contributed by atoms with Crippen LogP contribution in [-0.4, -0.2) is 29.1 Å². The maximum Gasteiger partial charge on any atom is 0.338 e. The third-order valence-corrected chi connectivity index (χ3v) is 3.52. The molecule has 0 aliphatic carbocycles. The Kier molecular flexibility index (Phi) is 3.92. The van der Waals surface area contributed by atoms with Crippen molar-refractivity contribution in [1.29, 1.82) is 0 Å². The van der Waals surface area contributed by atoms with Gasteiger partial charge in [0.2, 0.25) is 0 Å². The molecule has 0 atom stereocenters. The summed E-state index contributed by atoms with van der Waals surface area (Å²) in [5, 5.41) is 3.34. The summed E-state index contributed by atoms with van der Waals surface area (Å²) in [6.07, 6.45) is 2.50. The number of carbonyl (C=O) groups is 1. The standard InChI is InChI=1S/C16H17N3O2/c1-2-21-16(20)12-5-3-4-11(8-12)15-13-9-17-7-6-14(13)18-10-19-15/h3-5,8,10,17H,2,6-7,9H2,1H3. The van der Waals surface area contributed by atoms with Gasteiger partial charge in [0, 0.05) is 30.6 Å². The van der Waals surface area contributed by atoms with Gasteiger partial charge < -0.3 is 10.1 Å². The Morgan fingerprint density at radius 1 is 1.38 bits per heavy atom. The van der Waals surface area contributed by atoms with Gasteiger partial charge >= 0.3 is 5.97 Å². The molecular formula is C16H17N3O2. The molecule has 0 saturated carbocycles. The highest BCUT2D eigenvalue weighted by molar-refractivity contribution is 5.91. The van der Waals surface area contributed by atoms with E-state index in [0.717, 1.165) is 42.0 Å². The zero-order chi connectivity index (χ0) is 14.7. The van der Waals surface area contributed by atoms with Gasteiger partial charge in [0.05, 0.1) is 23.6 Å². The van der Waals surface area contributed by atoms with Crippen molar-refractivity contribution >= 4 is 5.97 Å². The molecule has 21 heavy (non-hydrogen) atoms. The van der Waals surface area contributed by atoms with Gasteiger partial charge in [0.15, 0.2) is 0 Å². The predicted molar refractivity (Wildman–Crippen MR) is 78.8 cm³/mol. The van der Waals surface area contributed by atoms with E-state index in [9.17, 15) is 4.79 Å². The topological polar surface area (TPSA) is 64.1 Å². The van der Waals surface area contributed by atoms with Crippen molar-refractivity contribution < 1.29 is 9.53 Å². The third-order valence-electron chi connectivity index (χ3n) is 3.52. The van der Waals surface area contributed by atoms with E-state index in [1.54, 1.807) is 19.3 Å². The lowest BCUT2D eigenvalue weighted by Crippen LogP contribution is -2.25. The van der Waals surface area contributed by atoms with Crippen LogP contribution in [0.5, 0.6) is 0 Å². The summed E-state index contributed by atoms with van der Waals surface area (Å²) in [5.41, 5.74) is 4.55. The number of carbonyl (C=O) groups excluding carboxylic acids is 1. The first kappa shape index (κ1) is 13.7. The second-order valence-electron chi connectivity index (χ2n) is 4.88. The second-order valence-corrected chi connectivity index (χ2v) is 4.88. The van der Waals surface area contributed by atoms with E-state index < -0.39 is 0 Å². The van der Waals surface area contributed by atoms with Crippen LogP contribution in [0.1, 0.15) is 28.5 Å². The molecule has 0 spiro atoms. The summed E-state index contributed by atoms with van der Waals surface area (Å²) in [4.78, 5) is 20.6. The van der Waals surface area contributed by atoms with Crippen LogP contribution in [-0.2, 0) is 17.7 Å². The lowest BCUT2D eigenvalue weighted by molar-refractivity contribution is 0.0526. The minimum absolute atomic E-state index is 0.305. The molecule has 5 heteroatoms. The van der Waals surface area contributed by atoms with Crippen LogP contribution in [0.25, 0.3) is 11.3 Å². The highest BCUT2D eigenvalue weighted by atomic mass is 16.5. The monoisotopic (exact) mass is 283 g/mol. The highest BCUT2D eigenvalue weighted by Gasteiger charge is 2.17. The Hall–Kier alpha value is -2.27. The zero-order valence-corrected chi connectivity index (χ0v) is 11.9. The van der Waals surface area contributed by atoms with Gasteiger partial charge in [-0.1, -0.05) is 12.1 Å². The fraction of sp³-hybridized carbons (Fsp3) is 0.312. The van der Waals surface area contributed by atoms with Crippen LogP contribution in [0.15, 0.2) is 30.6 Å².